The minimum Gasteiger partial charge on any atom is -0.480 e. The average Bonchev–Trinajstić information content (AvgIpc) is 2.76. The fraction of sp³-hybridized carbons (Fsp3) is 0.385. The van der Waals surface area contributed by atoms with Gasteiger partial charge in [0.15, 0.2) is 0 Å². The number of hydrogen-bond donors (Lipinski definition) is 2. The number of amides is 1. The van der Waals surface area contributed by atoms with Gasteiger partial charge >= 0.3 is 5.97 Å². The third-order valence-corrected chi connectivity index (χ3v) is 3.44. The minimum atomic E-state index is -1.43. The Morgan fingerprint density at radius 2 is 2.16 bits per heavy atom. The summed E-state index contributed by atoms with van der Waals surface area (Å²) in [5.74, 6) is -2.24. The molecule has 1 unspecified atom stereocenters. The number of aliphatic carboxylic acids is 1. The molecule has 0 saturated carbocycles. The summed E-state index contributed by atoms with van der Waals surface area (Å²) in [7, 11) is 0. The Bertz CT molecular complexity index is 547. The number of carboxylic acid groups (broad SMARTS) is 1. The molecule has 19 heavy (non-hydrogen) atoms. The lowest BCUT2D eigenvalue weighted by atomic mass is 10.0. The second-order valence-electron chi connectivity index (χ2n) is 4.87. The molecule has 1 aromatic rings. The molecule has 102 valence electrons. The van der Waals surface area contributed by atoms with Crippen molar-refractivity contribution in [2.24, 2.45) is 5.73 Å². The summed E-state index contributed by atoms with van der Waals surface area (Å²) in [6, 6.07) is 4.55. The van der Waals surface area contributed by atoms with Gasteiger partial charge < -0.3 is 15.7 Å². The van der Waals surface area contributed by atoms with E-state index in [9.17, 15) is 14.0 Å². The lowest BCUT2D eigenvalue weighted by Gasteiger charge is -2.20. The van der Waals surface area contributed by atoms with Crippen LogP contribution in [0.1, 0.15) is 22.3 Å². The number of carboxylic acids is 1. The van der Waals surface area contributed by atoms with Gasteiger partial charge in [-0.15, -0.1) is 0 Å². The summed E-state index contributed by atoms with van der Waals surface area (Å²) in [5, 5.41) is 9.00. The predicted octanol–water partition coefficient (Wildman–Crippen LogP) is 0.762. The summed E-state index contributed by atoms with van der Waals surface area (Å²) in [5.41, 5.74) is 4.58. The quantitative estimate of drug-likeness (QED) is 0.828. The SMILES string of the molecule is Cc1cccc(C(=O)N2CCC(N)(C(=O)O)C2)c1F. The number of hydrogen-bond acceptors (Lipinski definition) is 3. The molecular formula is C13H15FN2O3. The number of aryl methyl sites for hydroxylation is 1. The Morgan fingerprint density at radius 1 is 1.47 bits per heavy atom. The molecule has 1 amide bonds. The molecule has 1 aromatic carbocycles. The highest BCUT2D eigenvalue weighted by atomic mass is 19.1. The molecular weight excluding hydrogens is 251 g/mol. The molecule has 1 heterocycles. The van der Waals surface area contributed by atoms with Gasteiger partial charge in [-0.25, -0.2) is 4.39 Å². The molecule has 1 aliphatic rings. The Kier molecular flexibility index (Phi) is 3.28. The van der Waals surface area contributed by atoms with Crippen LogP contribution in [0.5, 0.6) is 0 Å². The molecule has 0 radical (unpaired) electrons. The normalized spacial score (nSPS) is 22.6. The van der Waals surface area contributed by atoms with Gasteiger partial charge in [-0.3, -0.25) is 9.59 Å². The van der Waals surface area contributed by atoms with Crippen LogP contribution in [0.25, 0.3) is 0 Å². The molecule has 0 bridgehead atoms. The van der Waals surface area contributed by atoms with Gasteiger partial charge in [0.05, 0.1) is 5.56 Å². The summed E-state index contributed by atoms with van der Waals surface area (Å²) < 4.78 is 13.9. The number of rotatable bonds is 2. The Labute approximate surface area is 109 Å². The van der Waals surface area contributed by atoms with Crippen LogP contribution < -0.4 is 5.73 Å². The molecule has 1 aliphatic heterocycles. The second-order valence-corrected chi connectivity index (χ2v) is 4.87. The molecule has 2 rings (SSSR count). The van der Waals surface area contributed by atoms with Gasteiger partial charge in [0.1, 0.15) is 11.4 Å². The van der Waals surface area contributed by atoms with Gasteiger partial charge in [-0.2, -0.15) is 0 Å². The minimum absolute atomic E-state index is 0.0466. The molecule has 1 atom stereocenters. The maximum atomic E-state index is 13.9. The van der Waals surface area contributed by atoms with Gasteiger partial charge in [0.2, 0.25) is 0 Å². The van der Waals surface area contributed by atoms with Crippen LogP contribution in [0.4, 0.5) is 4.39 Å². The third-order valence-electron chi connectivity index (χ3n) is 3.44. The molecule has 0 spiro atoms. The van der Waals surface area contributed by atoms with E-state index in [4.69, 9.17) is 10.8 Å². The number of nitrogens with zero attached hydrogens (tertiary/aromatic N) is 1. The van der Waals surface area contributed by atoms with Crippen molar-refractivity contribution in [1.82, 2.24) is 4.90 Å². The van der Waals surface area contributed by atoms with E-state index in [1.807, 2.05) is 0 Å². The Morgan fingerprint density at radius 3 is 2.74 bits per heavy atom. The van der Waals surface area contributed by atoms with Crippen molar-refractivity contribution in [3.8, 4) is 0 Å². The number of nitrogens with two attached hydrogens (primary N) is 1. The first-order valence-corrected chi connectivity index (χ1v) is 5.92. The monoisotopic (exact) mass is 266 g/mol. The lowest BCUT2D eigenvalue weighted by molar-refractivity contribution is -0.142. The van der Waals surface area contributed by atoms with E-state index in [-0.39, 0.29) is 25.1 Å². The lowest BCUT2D eigenvalue weighted by Crippen LogP contribution is -2.50. The van der Waals surface area contributed by atoms with Crippen molar-refractivity contribution >= 4 is 11.9 Å². The summed E-state index contributed by atoms with van der Waals surface area (Å²) >= 11 is 0. The summed E-state index contributed by atoms with van der Waals surface area (Å²) in [6.45, 7) is 1.68. The highest BCUT2D eigenvalue weighted by molar-refractivity contribution is 5.95. The smallest absolute Gasteiger partial charge is 0.325 e. The number of likely N-dealkylation sites (tertiary alicyclic amines) is 1. The predicted molar refractivity (Wildman–Crippen MR) is 66.2 cm³/mol. The van der Waals surface area contributed by atoms with E-state index in [2.05, 4.69) is 0 Å². The fourth-order valence-corrected chi connectivity index (χ4v) is 2.16. The van der Waals surface area contributed by atoms with Gasteiger partial charge in [-0.05, 0) is 25.0 Å². The zero-order valence-corrected chi connectivity index (χ0v) is 10.5. The van der Waals surface area contributed by atoms with Crippen LogP contribution in [-0.2, 0) is 4.79 Å². The average molecular weight is 266 g/mol. The first-order valence-electron chi connectivity index (χ1n) is 5.92. The standard InChI is InChI=1S/C13H15FN2O3/c1-8-3-2-4-9(10(8)14)11(17)16-6-5-13(15,7-16)12(18)19/h2-4H,5-7,15H2,1H3,(H,18,19). The summed E-state index contributed by atoms with van der Waals surface area (Å²) in [4.78, 5) is 24.5. The molecule has 6 heteroatoms. The largest absolute Gasteiger partial charge is 0.480 e. The Hall–Kier alpha value is -1.95. The van der Waals surface area contributed by atoms with Crippen LogP contribution in [0.2, 0.25) is 0 Å². The van der Waals surface area contributed by atoms with Crippen molar-refractivity contribution in [1.29, 1.82) is 0 Å². The van der Waals surface area contributed by atoms with Crippen LogP contribution in [0.3, 0.4) is 0 Å². The highest BCUT2D eigenvalue weighted by Gasteiger charge is 2.43. The van der Waals surface area contributed by atoms with E-state index in [1.54, 1.807) is 19.1 Å². The van der Waals surface area contributed by atoms with E-state index < -0.39 is 23.2 Å². The zero-order valence-electron chi connectivity index (χ0n) is 10.5. The first kappa shape index (κ1) is 13.5. The molecule has 0 aromatic heterocycles. The van der Waals surface area contributed by atoms with Gasteiger partial charge in [0.25, 0.3) is 5.91 Å². The van der Waals surface area contributed by atoms with Crippen molar-refractivity contribution in [2.45, 2.75) is 18.9 Å². The molecule has 5 nitrogen and oxygen atoms in total. The Balaban J connectivity index is 2.23. The van der Waals surface area contributed by atoms with Gasteiger partial charge in [0, 0.05) is 13.1 Å². The number of carbonyl (C=O) groups is 2. The van der Waals surface area contributed by atoms with Crippen molar-refractivity contribution < 1.29 is 19.1 Å². The second kappa shape index (κ2) is 4.62. The molecule has 1 fully saturated rings. The number of carbonyl (C=O) groups excluding carboxylic acids is 1. The maximum absolute atomic E-state index is 13.9. The van der Waals surface area contributed by atoms with E-state index in [0.29, 0.717) is 5.56 Å². The maximum Gasteiger partial charge on any atom is 0.325 e. The zero-order chi connectivity index (χ0) is 14.2. The topological polar surface area (TPSA) is 83.6 Å². The van der Waals surface area contributed by atoms with E-state index >= 15 is 0 Å². The van der Waals surface area contributed by atoms with Gasteiger partial charge in [-0.1, -0.05) is 12.1 Å². The highest BCUT2D eigenvalue weighted by Crippen LogP contribution is 2.22. The van der Waals surface area contributed by atoms with Crippen molar-refractivity contribution in [2.75, 3.05) is 13.1 Å². The molecule has 0 aliphatic carbocycles. The molecule has 3 N–H and O–H groups in total. The van der Waals surface area contributed by atoms with Crippen LogP contribution in [0.15, 0.2) is 18.2 Å². The van der Waals surface area contributed by atoms with E-state index in [1.165, 1.54) is 11.0 Å². The number of benzene rings is 1. The van der Waals surface area contributed by atoms with Crippen molar-refractivity contribution in [3.05, 3.63) is 35.1 Å². The van der Waals surface area contributed by atoms with Crippen LogP contribution >= 0.6 is 0 Å². The van der Waals surface area contributed by atoms with Crippen LogP contribution in [0, 0.1) is 12.7 Å². The van der Waals surface area contributed by atoms with E-state index in [0.717, 1.165) is 0 Å². The van der Waals surface area contributed by atoms with Crippen LogP contribution in [-0.4, -0.2) is 40.5 Å². The summed E-state index contributed by atoms with van der Waals surface area (Å²) in [6.07, 6.45) is 0.168. The number of halogens is 1. The first-order chi connectivity index (χ1) is 8.85. The molecule has 1 saturated heterocycles. The third kappa shape index (κ3) is 2.31. The van der Waals surface area contributed by atoms with Crippen molar-refractivity contribution in [3.63, 3.8) is 0 Å². The fourth-order valence-electron chi connectivity index (χ4n) is 2.16.